The van der Waals surface area contributed by atoms with Crippen LogP contribution in [0.15, 0.2) is 48.5 Å². The Labute approximate surface area is 315 Å². The van der Waals surface area contributed by atoms with Crippen molar-refractivity contribution in [1.29, 1.82) is 0 Å². The number of hydrogen-bond donors (Lipinski definition) is 3. The first-order valence-electron chi connectivity index (χ1n) is 17.4. The number of aliphatic hydroxyl groups is 2. The first-order valence-corrected chi connectivity index (χ1v) is 17.8. The molecule has 1 saturated heterocycles. The maximum absolute atomic E-state index is 14.1. The largest absolute Gasteiger partial charge is 0.461 e. The van der Waals surface area contributed by atoms with Gasteiger partial charge >= 0.3 is 17.5 Å². The molecule has 0 aliphatic carbocycles. The number of aliphatic hydroxyl groups excluding tert-OH is 2. The summed E-state index contributed by atoms with van der Waals surface area (Å²) < 4.78 is 16.8. The summed E-state index contributed by atoms with van der Waals surface area (Å²) in [5.74, 6) is -3.68. The van der Waals surface area contributed by atoms with Crippen LogP contribution in [-0.4, -0.2) is 93.9 Å². The number of halogens is 1. The highest BCUT2D eigenvalue weighted by Gasteiger charge is 2.64. The van der Waals surface area contributed by atoms with Crippen molar-refractivity contribution in [2.24, 2.45) is 5.41 Å². The fraction of sp³-hybridized carbons (Fsp3) is 0.513. The van der Waals surface area contributed by atoms with Crippen molar-refractivity contribution in [3.05, 3.63) is 64.7 Å². The Balaban J connectivity index is 1.55. The average Bonchev–Trinajstić information content (AvgIpc) is 3.67. The average molecular weight is 756 g/mol. The SMILES string of the molecule is CN(C(=O)[C@@H]1CCCN1C(=O)[C@@H](NC(=O)/C=C/c1ccc2c(c1)C(O)C(C(=O)OC(C)(C)C)(C(=O)OC(C)(C)C)O2)C(C)(C)CO)c1ccc(Cl)cc1. The molecule has 0 spiro atoms. The van der Waals surface area contributed by atoms with Gasteiger partial charge in [0.2, 0.25) is 17.7 Å². The summed E-state index contributed by atoms with van der Waals surface area (Å²) in [6.07, 6.45) is 1.78. The molecule has 14 heteroatoms. The zero-order chi connectivity index (χ0) is 39.7. The van der Waals surface area contributed by atoms with Crippen LogP contribution < -0.4 is 15.0 Å². The number of fused-ring (bicyclic) bond motifs is 1. The monoisotopic (exact) mass is 755 g/mol. The van der Waals surface area contributed by atoms with Gasteiger partial charge in [0.15, 0.2) is 0 Å². The number of hydrogen-bond acceptors (Lipinski definition) is 10. The molecule has 2 heterocycles. The molecule has 0 aromatic heterocycles. The molecule has 2 aromatic rings. The molecule has 2 aliphatic heterocycles. The molecule has 4 rings (SSSR count). The number of rotatable bonds is 10. The van der Waals surface area contributed by atoms with E-state index >= 15 is 0 Å². The van der Waals surface area contributed by atoms with Crippen LogP contribution in [0.25, 0.3) is 6.08 Å². The van der Waals surface area contributed by atoms with Crippen LogP contribution in [0, 0.1) is 5.41 Å². The van der Waals surface area contributed by atoms with Gasteiger partial charge in [-0.15, -0.1) is 0 Å². The first kappa shape index (κ1) is 41.3. The van der Waals surface area contributed by atoms with E-state index < -0.39 is 70.8 Å². The molecule has 288 valence electrons. The highest BCUT2D eigenvalue weighted by Crippen LogP contribution is 2.46. The Bertz CT molecular complexity index is 1730. The maximum atomic E-state index is 14.1. The quantitative estimate of drug-likeness (QED) is 0.180. The number of carbonyl (C=O) groups excluding carboxylic acids is 5. The smallest absolute Gasteiger partial charge is 0.366 e. The van der Waals surface area contributed by atoms with Gasteiger partial charge in [-0.3, -0.25) is 14.4 Å². The van der Waals surface area contributed by atoms with Crippen molar-refractivity contribution in [3.63, 3.8) is 0 Å². The number of amides is 3. The van der Waals surface area contributed by atoms with Crippen LogP contribution in [0.4, 0.5) is 5.69 Å². The lowest BCUT2D eigenvalue weighted by atomic mass is 9.84. The van der Waals surface area contributed by atoms with E-state index in [1.54, 1.807) is 92.8 Å². The number of nitrogens with zero attached hydrogens (tertiary/aromatic N) is 2. The topological polar surface area (TPSA) is 172 Å². The minimum Gasteiger partial charge on any atom is -0.461 e. The van der Waals surface area contributed by atoms with E-state index in [9.17, 15) is 34.2 Å². The van der Waals surface area contributed by atoms with Crippen LogP contribution in [0.5, 0.6) is 5.75 Å². The van der Waals surface area contributed by atoms with Crippen molar-refractivity contribution in [1.82, 2.24) is 10.2 Å². The Morgan fingerprint density at radius 1 is 1.00 bits per heavy atom. The summed E-state index contributed by atoms with van der Waals surface area (Å²) in [6.45, 7) is 12.8. The van der Waals surface area contributed by atoms with Crippen LogP contribution in [0.1, 0.15) is 85.5 Å². The molecule has 0 saturated carbocycles. The van der Waals surface area contributed by atoms with E-state index in [1.165, 1.54) is 34.1 Å². The molecule has 3 amide bonds. The third-order valence-electron chi connectivity index (χ3n) is 8.90. The van der Waals surface area contributed by atoms with Gasteiger partial charge in [-0.05, 0) is 102 Å². The van der Waals surface area contributed by atoms with Gasteiger partial charge in [0, 0.05) is 41.4 Å². The van der Waals surface area contributed by atoms with Crippen LogP contribution >= 0.6 is 11.6 Å². The normalized spacial score (nSPS) is 18.9. The molecular weight excluding hydrogens is 706 g/mol. The van der Waals surface area contributed by atoms with E-state index in [-0.39, 0.29) is 17.2 Å². The van der Waals surface area contributed by atoms with E-state index in [0.717, 1.165) is 0 Å². The summed E-state index contributed by atoms with van der Waals surface area (Å²) in [7, 11) is 1.62. The summed E-state index contributed by atoms with van der Waals surface area (Å²) >= 11 is 6.01. The van der Waals surface area contributed by atoms with E-state index in [1.807, 2.05) is 0 Å². The summed E-state index contributed by atoms with van der Waals surface area (Å²) in [5.41, 5.74) is -4.60. The highest BCUT2D eigenvalue weighted by atomic mass is 35.5. The van der Waals surface area contributed by atoms with Gasteiger partial charge < -0.3 is 39.5 Å². The number of carbonyl (C=O) groups is 5. The summed E-state index contributed by atoms with van der Waals surface area (Å²) in [6, 6.07) is 9.23. The molecule has 0 radical (unpaired) electrons. The third kappa shape index (κ3) is 9.20. The van der Waals surface area contributed by atoms with Crippen molar-refractivity contribution in [2.75, 3.05) is 25.1 Å². The van der Waals surface area contributed by atoms with Gasteiger partial charge in [-0.25, -0.2) is 9.59 Å². The minimum absolute atomic E-state index is 0.0441. The van der Waals surface area contributed by atoms with Gasteiger partial charge in [0.1, 0.15) is 35.1 Å². The van der Waals surface area contributed by atoms with E-state index in [2.05, 4.69) is 5.32 Å². The van der Waals surface area contributed by atoms with E-state index in [0.29, 0.717) is 35.7 Å². The number of anilines is 1. The Morgan fingerprint density at radius 3 is 2.13 bits per heavy atom. The standard InChI is InChI=1S/C39H50ClN3O10/c1-36(2,3)52-34(49)39(35(50)53-37(4,5)6)31(46)26-21-23(12-18-28(26)51-39)13-19-29(45)41-30(38(7,8)22-44)33(48)43-20-10-11-27(43)32(47)42(9)25-16-14-24(40)15-17-25/h12-19,21,27,30-31,44,46H,10-11,20,22H2,1-9H3,(H,41,45)/b19-13+/t27-,30+,31?/m0/s1. The second kappa shape index (κ2) is 15.5. The molecule has 3 N–H and O–H groups in total. The summed E-state index contributed by atoms with van der Waals surface area (Å²) in [4.78, 5) is 70.8. The number of likely N-dealkylation sites (N-methyl/N-ethyl adjacent to an activating group) is 1. The molecule has 13 nitrogen and oxygen atoms in total. The van der Waals surface area contributed by atoms with Gasteiger partial charge in [0.25, 0.3) is 0 Å². The molecule has 1 fully saturated rings. The number of benzene rings is 2. The molecule has 0 bridgehead atoms. The van der Waals surface area contributed by atoms with Gasteiger partial charge in [0.05, 0.1) is 6.61 Å². The zero-order valence-electron chi connectivity index (χ0n) is 31.7. The second-order valence-corrected chi connectivity index (χ2v) is 16.5. The van der Waals surface area contributed by atoms with Gasteiger partial charge in [-0.2, -0.15) is 0 Å². The fourth-order valence-corrected chi connectivity index (χ4v) is 6.16. The molecule has 53 heavy (non-hydrogen) atoms. The van der Waals surface area contributed by atoms with Crippen molar-refractivity contribution < 1.29 is 48.4 Å². The molecule has 1 unspecified atom stereocenters. The van der Waals surface area contributed by atoms with Crippen molar-refractivity contribution >= 4 is 53.0 Å². The summed E-state index contributed by atoms with van der Waals surface area (Å²) in [5, 5.41) is 25.0. The number of likely N-dealkylation sites (tertiary alicyclic amines) is 1. The maximum Gasteiger partial charge on any atom is 0.366 e. The zero-order valence-corrected chi connectivity index (χ0v) is 32.4. The van der Waals surface area contributed by atoms with Gasteiger partial charge in [-0.1, -0.05) is 31.5 Å². The van der Waals surface area contributed by atoms with Crippen LogP contribution in [0.3, 0.4) is 0 Å². The van der Waals surface area contributed by atoms with Crippen LogP contribution in [0.2, 0.25) is 5.02 Å². The molecule has 2 aromatic carbocycles. The minimum atomic E-state index is -2.54. The first-order chi connectivity index (χ1) is 24.5. The molecular formula is C39H50ClN3O10. The van der Waals surface area contributed by atoms with Crippen LogP contribution in [-0.2, 0) is 33.4 Å². The van der Waals surface area contributed by atoms with Crippen molar-refractivity contribution in [3.8, 4) is 5.75 Å². The molecule has 3 atom stereocenters. The fourth-order valence-electron chi connectivity index (χ4n) is 6.04. The van der Waals surface area contributed by atoms with E-state index in [4.69, 9.17) is 25.8 Å². The lowest BCUT2D eigenvalue weighted by Crippen LogP contribution is -2.59. The van der Waals surface area contributed by atoms with Crippen molar-refractivity contribution in [2.45, 2.75) is 103 Å². The lowest BCUT2D eigenvalue weighted by Gasteiger charge is -2.37. The predicted octanol–water partition coefficient (Wildman–Crippen LogP) is 4.36. The highest BCUT2D eigenvalue weighted by molar-refractivity contribution is 6.30. The predicted molar refractivity (Wildman–Crippen MR) is 198 cm³/mol. The Morgan fingerprint density at radius 2 is 1.58 bits per heavy atom. The number of ether oxygens (including phenoxy) is 3. The third-order valence-corrected chi connectivity index (χ3v) is 9.16. The Kier molecular flexibility index (Phi) is 12.1. The number of nitrogens with one attached hydrogen (secondary N) is 1. The number of esters is 2. The lowest BCUT2D eigenvalue weighted by molar-refractivity contribution is -0.200. The second-order valence-electron chi connectivity index (χ2n) is 16.0. The molecule has 2 aliphatic rings. The Hall–Kier alpha value is -4.46.